The molecule has 3 heteroatoms. The van der Waals surface area contributed by atoms with Crippen LogP contribution in [-0.2, 0) is 4.79 Å². The third-order valence-corrected chi connectivity index (χ3v) is 4.19. The van der Waals surface area contributed by atoms with E-state index in [-0.39, 0.29) is 5.91 Å². The molecule has 0 saturated heterocycles. The van der Waals surface area contributed by atoms with Gasteiger partial charge in [0.25, 0.3) is 0 Å². The molecule has 0 heterocycles. The van der Waals surface area contributed by atoms with Gasteiger partial charge in [-0.15, -0.1) is 0 Å². The van der Waals surface area contributed by atoms with Crippen LogP contribution in [0.2, 0.25) is 0 Å². The van der Waals surface area contributed by atoms with Gasteiger partial charge >= 0.3 is 0 Å². The first kappa shape index (κ1) is 10.9. The van der Waals surface area contributed by atoms with E-state index < -0.39 is 0 Å². The maximum absolute atomic E-state index is 10.9. The number of carbonyl (C=O) groups excluding carboxylic acids is 1. The second-order valence-corrected chi connectivity index (χ2v) is 5.01. The zero-order valence-electron chi connectivity index (χ0n) is 8.51. The van der Waals surface area contributed by atoms with Gasteiger partial charge in [0, 0.05) is 24.0 Å². The number of hydrogen-bond acceptors (Lipinski definition) is 2. The van der Waals surface area contributed by atoms with Gasteiger partial charge < -0.3 is 5.32 Å². The van der Waals surface area contributed by atoms with E-state index in [0.29, 0.717) is 6.42 Å². The smallest absolute Gasteiger partial charge is 0.219 e. The molecule has 13 heavy (non-hydrogen) atoms. The minimum Gasteiger partial charge on any atom is -0.355 e. The highest BCUT2D eigenvalue weighted by Crippen LogP contribution is 2.36. The molecule has 2 atom stereocenters. The van der Waals surface area contributed by atoms with Crippen molar-refractivity contribution in [3.8, 4) is 0 Å². The Morgan fingerprint density at radius 1 is 1.54 bits per heavy atom. The van der Waals surface area contributed by atoms with Gasteiger partial charge in [-0.1, -0.05) is 13.8 Å². The van der Waals surface area contributed by atoms with E-state index in [2.05, 4.69) is 12.2 Å². The van der Waals surface area contributed by atoms with Crippen LogP contribution in [0.25, 0.3) is 0 Å². The van der Waals surface area contributed by atoms with Gasteiger partial charge in [-0.3, -0.25) is 4.79 Å². The van der Waals surface area contributed by atoms with Gasteiger partial charge in [0.15, 0.2) is 0 Å². The lowest BCUT2D eigenvalue weighted by Gasteiger charge is -2.33. The number of nitrogens with one attached hydrogen (secondary N) is 1. The Morgan fingerprint density at radius 3 is 2.77 bits per heavy atom. The molecule has 2 unspecified atom stereocenters. The predicted molar refractivity (Wildman–Crippen MR) is 57.9 cm³/mol. The first-order valence-corrected chi connectivity index (χ1v) is 6.17. The predicted octanol–water partition coefficient (Wildman–Crippen LogP) is 2.04. The molecule has 1 saturated carbocycles. The third-order valence-electron chi connectivity index (χ3n) is 2.62. The molecule has 0 aromatic heterocycles. The quantitative estimate of drug-likeness (QED) is 0.690. The second-order valence-electron chi connectivity index (χ2n) is 3.67. The summed E-state index contributed by atoms with van der Waals surface area (Å²) in [4.78, 5) is 10.9. The van der Waals surface area contributed by atoms with E-state index in [0.717, 1.165) is 23.5 Å². The fourth-order valence-corrected chi connectivity index (χ4v) is 2.70. The Morgan fingerprint density at radius 2 is 2.31 bits per heavy atom. The molecular formula is C10H19NOS. The molecule has 0 aromatic carbocycles. The lowest BCUT2D eigenvalue weighted by molar-refractivity contribution is -0.120. The van der Waals surface area contributed by atoms with E-state index in [1.54, 1.807) is 0 Å². The van der Waals surface area contributed by atoms with Gasteiger partial charge in [-0.2, -0.15) is 11.8 Å². The van der Waals surface area contributed by atoms with Crippen LogP contribution in [0.3, 0.4) is 0 Å². The molecule has 1 rings (SSSR count). The SMILES string of the molecule is CCC(=O)NCCSC1CCC1C. The average Bonchev–Trinajstić information content (AvgIpc) is 2.14. The summed E-state index contributed by atoms with van der Waals surface area (Å²) in [6.07, 6.45) is 3.36. The summed E-state index contributed by atoms with van der Waals surface area (Å²) >= 11 is 2.01. The molecule has 1 N–H and O–H groups in total. The monoisotopic (exact) mass is 201 g/mol. The van der Waals surface area contributed by atoms with E-state index in [4.69, 9.17) is 0 Å². The molecule has 2 nitrogen and oxygen atoms in total. The number of thioether (sulfide) groups is 1. The summed E-state index contributed by atoms with van der Waals surface area (Å²) in [6.45, 7) is 5.03. The summed E-state index contributed by atoms with van der Waals surface area (Å²) in [5.41, 5.74) is 0. The lowest BCUT2D eigenvalue weighted by Crippen LogP contribution is -2.29. The van der Waals surface area contributed by atoms with Crippen LogP contribution in [-0.4, -0.2) is 23.5 Å². The number of carbonyl (C=O) groups is 1. The maximum atomic E-state index is 10.9. The highest BCUT2D eigenvalue weighted by atomic mass is 32.2. The summed E-state index contributed by atoms with van der Waals surface area (Å²) in [7, 11) is 0. The molecule has 0 aliphatic heterocycles. The summed E-state index contributed by atoms with van der Waals surface area (Å²) < 4.78 is 0. The van der Waals surface area contributed by atoms with E-state index in [1.165, 1.54) is 12.8 Å². The van der Waals surface area contributed by atoms with Crippen molar-refractivity contribution in [1.29, 1.82) is 0 Å². The molecule has 0 bridgehead atoms. The van der Waals surface area contributed by atoms with Crippen LogP contribution in [0, 0.1) is 5.92 Å². The summed E-state index contributed by atoms with van der Waals surface area (Å²) in [5, 5.41) is 3.75. The van der Waals surface area contributed by atoms with Crippen LogP contribution < -0.4 is 5.32 Å². The third kappa shape index (κ3) is 3.59. The summed E-state index contributed by atoms with van der Waals surface area (Å²) in [5.74, 6) is 2.13. The molecule has 0 radical (unpaired) electrons. The van der Waals surface area contributed by atoms with Crippen molar-refractivity contribution >= 4 is 17.7 Å². The van der Waals surface area contributed by atoms with Gasteiger partial charge in [0.2, 0.25) is 5.91 Å². The molecule has 1 fully saturated rings. The highest BCUT2D eigenvalue weighted by Gasteiger charge is 2.26. The van der Waals surface area contributed by atoms with E-state index >= 15 is 0 Å². The minimum absolute atomic E-state index is 0.169. The van der Waals surface area contributed by atoms with Crippen LogP contribution >= 0.6 is 11.8 Å². The molecular weight excluding hydrogens is 182 g/mol. The molecule has 1 aliphatic carbocycles. The minimum atomic E-state index is 0.169. The number of rotatable bonds is 5. The normalized spacial score (nSPS) is 26.6. The number of amides is 1. The Kier molecular flexibility index (Phi) is 4.64. The van der Waals surface area contributed by atoms with Crippen molar-refractivity contribution in [3.63, 3.8) is 0 Å². The van der Waals surface area contributed by atoms with E-state index in [9.17, 15) is 4.79 Å². The van der Waals surface area contributed by atoms with Crippen molar-refractivity contribution in [2.24, 2.45) is 5.92 Å². The van der Waals surface area contributed by atoms with Gasteiger partial charge in [0.05, 0.1) is 0 Å². The average molecular weight is 201 g/mol. The standard InChI is InChI=1S/C10H19NOS/c1-3-10(12)11-6-7-13-9-5-4-8(9)2/h8-9H,3-7H2,1-2H3,(H,11,12). The van der Waals surface area contributed by atoms with Crippen molar-refractivity contribution in [2.45, 2.75) is 38.4 Å². The Balaban J connectivity index is 1.92. The topological polar surface area (TPSA) is 29.1 Å². The number of hydrogen-bond donors (Lipinski definition) is 1. The fraction of sp³-hybridized carbons (Fsp3) is 0.900. The Bertz CT molecular complexity index is 172. The lowest BCUT2D eigenvalue weighted by atomic mass is 9.87. The largest absolute Gasteiger partial charge is 0.355 e. The van der Waals surface area contributed by atoms with Crippen LogP contribution in [0.5, 0.6) is 0 Å². The molecule has 0 spiro atoms. The van der Waals surface area contributed by atoms with Crippen molar-refractivity contribution in [3.05, 3.63) is 0 Å². The Hall–Kier alpha value is -0.180. The Labute approximate surface area is 84.9 Å². The zero-order valence-corrected chi connectivity index (χ0v) is 9.32. The summed E-state index contributed by atoms with van der Waals surface area (Å²) in [6, 6.07) is 0. The molecule has 0 aromatic rings. The first-order valence-electron chi connectivity index (χ1n) is 5.12. The second kappa shape index (κ2) is 5.53. The van der Waals surface area contributed by atoms with Gasteiger partial charge in [0.1, 0.15) is 0 Å². The fourth-order valence-electron chi connectivity index (χ4n) is 1.41. The molecule has 76 valence electrons. The first-order chi connectivity index (χ1) is 6.24. The molecule has 1 aliphatic rings. The van der Waals surface area contributed by atoms with Gasteiger partial charge in [-0.25, -0.2) is 0 Å². The van der Waals surface area contributed by atoms with Crippen molar-refractivity contribution in [1.82, 2.24) is 5.32 Å². The van der Waals surface area contributed by atoms with Crippen molar-refractivity contribution in [2.75, 3.05) is 12.3 Å². The van der Waals surface area contributed by atoms with E-state index in [1.807, 2.05) is 18.7 Å². The highest BCUT2D eigenvalue weighted by molar-refractivity contribution is 8.00. The zero-order chi connectivity index (χ0) is 9.68. The maximum Gasteiger partial charge on any atom is 0.219 e. The molecule has 1 amide bonds. The van der Waals surface area contributed by atoms with Crippen LogP contribution in [0.1, 0.15) is 33.1 Å². The van der Waals surface area contributed by atoms with Crippen LogP contribution in [0.4, 0.5) is 0 Å². The van der Waals surface area contributed by atoms with Gasteiger partial charge in [-0.05, 0) is 18.8 Å². The van der Waals surface area contributed by atoms with Crippen LogP contribution in [0.15, 0.2) is 0 Å². The van der Waals surface area contributed by atoms with Crippen molar-refractivity contribution < 1.29 is 4.79 Å².